The molecule has 2 heterocycles. The summed E-state index contributed by atoms with van der Waals surface area (Å²) in [5.41, 5.74) is 1.16. The molecule has 0 aromatic carbocycles. The van der Waals surface area contributed by atoms with Crippen molar-refractivity contribution >= 4 is 5.69 Å². The van der Waals surface area contributed by atoms with Crippen molar-refractivity contribution in [2.75, 3.05) is 37.6 Å². The average molecular weight is 279 g/mol. The zero-order valence-corrected chi connectivity index (χ0v) is 12.6. The summed E-state index contributed by atoms with van der Waals surface area (Å²) in [6.07, 6.45) is 1.31. The molecule has 0 radical (unpaired) electrons. The summed E-state index contributed by atoms with van der Waals surface area (Å²) in [5, 5.41) is 19.3. The topological polar surface area (TPSA) is 59.8 Å². The minimum atomic E-state index is -0.636. The van der Waals surface area contributed by atoms with E-state index < -0.39 is 11.7 Å². The monoisotopic (exact) mass is 279 g/mol. The van der Waals surface area contributed by atoms with Crippen molar-refractivity contribution in [3.8, 4) is 0 Å². The molecule has 1 aromatic rings. The minimum absolute atomic E-state index is 0.521. The van der Waals surface area contributed by atoms with Crippen LogP contribution >= 0.6 is 0 Å². The molecule has 1 aliphatic heterocycles. The van der Waals surface area contributed by atoms with Crippen molar-refractivity contribution < 1.29 is 10.2 Å². The van der Waals surface area contributed by atoms with Crippen molar-refractivity contribution in [3.63, 3.8) is 0 Å². The number of aliphatic hydroxyl groups is 2. The first-order valence-electron chi connectivity index (χ1n) is 7.19. The number of hydrogen-bond donors (Lipinski definition) is 2. The van der Waals surface area contributed by atoms with Crippen LogP contribution in [0.5, 0.6) is 0 Å². The number of β-amino-alcohol motifs (C(OH)–C–C–N with tert-alkyl or cyclic N) is 1. The lowest BCUT2D eigenvalue weighted by Crippen LogP contribution is -2.50. The van der Waals surface area contributed by atoms with E-state index in [0.717, 1.165) is 31.9 Å². The van der Waals surface area contributed by atoms with Crippen LogP contribution in [0.2, 0.25) is 0 Å². The Bertz CT molecular complexity index is 418. The summed E-state index contributed by atoms with van der Waals surface area (Å²) in [7, 11) is 0. The van der Waals surface area contributed by atoms with Crippen LogP contribution in [-0.2, 0) is 0 Å². The third kappa shape index (κ3) is 4.16. The maximum absolute atomic E-state index is 9.85. The van der Waals surface area contributed by atoms with E-state index in [2.05, 4.69) is 14.8 Å². The molecule has 1 saturated heterocycles. The van der Waals surface area contributed by atoms with Gasteiger partial charge in [-0.1, -0.05) is 0 Å². The molecule has 20 heavy (non-hydrogen) atoms. The summed E-state index contributed by atoms with van der Waals surface area (Å²) in [6.45, 7) is 9.88. The SMILES string of the molecule is CC(O)c1ccc(N2CCN(CC(C)(C)O)CC2)cn1. The third-order valence-electron chi connectivity index (χ3n) is 3.55. The van der Waals surface area contributed by atoms with Crippen molar-refractivity contribution in [1.82, 2.24) is 9.88 Å². The molecule has 112 valence electrons. The van der Waals surface area contributed by atoms with E-state index in [1.807, 2.05) is 32.2 Å². The minimum Gasteiger partial charge on any atom is -0.389 e. The number of pyridine rings is 1. The molecule has 0 bridgehead atoms. The summed E-state index contributed by atoms with van der Waals surface area (Å²) in [5.74, 6) is 0. The Balaban J connectivity index is 1.90. The number of aromatic nitrogens is 1. The van der Waals surface area contributed by atoms with Crippen molar-refractivity contribution in [2.24, 2.45) is 0 Å². The van der Waals surface area contributed by atoms with Crippen molar-refractivity contribution in [3.05, 3.63) is 24.0 Å². The van der Waals surface area contributed by atoms with Gasteiger partial charge in [0.2, 0.25) is 0 Å². The summed E-state index contributed by atoms with van der Waals surface area (Å²) >= 11 is 0. The van der Waals surface area contributed by atoms with E-state index in [9.17, 15) is 10.2 Å². The number of aliphatic hydroxyl groups excluding tert-OH is 1. The summed E-state index contributed by atoms with van der Waals surface area (Å²) in [4.78, 5) is 8.86. The fraction of sp³-hybridized carbons (Fsp3) is 0.667. The van der Waals surface area contributed by atoms with Gasteiger partial charge < -0.3 is 15.1 Å². The van der Waals surface area contributed by atoms with Crippen molar-refractivity contribution in [1.29, 1.82) is 0 Å². The van der Waals surface area contributed by atoms with E-state index in [1.54, 1.807) is 6.92 Å². The molecule has 2 N–H and O–H groups in total. The Morgan fingerprint density at radius 2 is 1.90 bits per heavy atom. The number of hydrogen-bond acceptors (Lipinski definition) is 5. The second-order valence-electron chi connectivity index (χ2n) is 6.19. The van der Waals surface area contributed by atoms with Crippen LogP contribution in [-0.4, -0.2) is 58.4 Å². The lowest BCUT2D eigenvalue weighted by molar-refractivity contribution is 0.0345. The van der Waals surface area contributed by atoms with Crippen LogP contribution in [0.1, 0.15) is 32.6 Å². The van der Waals surface area contributed by atoms with Gasteiger partial charge in [-0.15, -0.1) is 0 Å². The molecule has 1 fully saturated rings. The predicted molar refractivity (Wildman–Crippen MR) is 79.8 cm³/mol. The first kappa shape index (κ1) is 15.2. The van der Waals surface area contributed by atoms with Gasteiger partial charge >= 0.3 is 0 Å². The molecule has 0 aliphatic carbocycles. The fourth-order valence-electron chi connectivity index (χ4n) is 2.54. The van der Waals surface area contributed by atoms with Gasteiger partial charge in [0.25, 0.3) is 0 Å². The number of piperazine rings is 1. The molecule has 1 atom stereocenters. The molecule has 1 unspecified atom stereocenters. The molecular formula is C15H25N3O2. The number of rotatable bonds is 4. The van der Waals surface area contributed by atoms with Crippen LogP contribution < -0.4 is 4.90 Å². The Morgan fingerprint density at radius 1 is 1.25 bits per heavy atom. The fourth-order valence-corrected chi connectivity index (χ4v) is 2.54. The van der Waals surface area contributed by atoms with Gasteiger partial charge in [0.05, 0.1) is 29.3 Å². The molecule has 1 aromatic heterocycles. The summed E-state index contributed by atoms with van der Waals surface area (Å²) in [6, 6.07) is 3.89. The smallest absolute Gasteiger partial charge is 0.0931 e. The van der Waals surface area contributed by atoms with Gasteiger partial charge in [0.1, 0.15) is 0 Å². The normalized spacial score (nSPS) is 19.1. The Kier molecular flexibility index (Phi) is 4.62. The van der Waals surface area contributed by atoms with Gasteiger partial charge in [-0.05, 0) is 32.9 Å². The Labute approximate surface area is 120 Å². The van der Waals surface area contributed by atoms with Gasteiger partial charge in [-0.25, -0.2) is 0 Å². The lowest BCUT2D eigenvalue weighted by Gasteiger charge is -2.38. The van der Waals surface area contributed by atoms with Crippen LogP contribution in [0.3, 0.4) is 0 Å². The van der Waals surface area contributed by atoms with Crippen LogP contribution in [0.15, 0.2) is 18.3 Å². The molecule has 5 heteroatoms. The van der Waals surface area contributed by atoms with Crippen molar-refractivity contribution in [2.45, 2.75) is 32.5 Å². The first-order chi connectivity index (χ1) is 9.35. The molecule has 0 saturated carbocycles. The highest BCUT2D eigenvalue weighted by molar-refractivity contribution is 5.45. The van der Waals surface area contributed by atoms with Crippen LogP contribution in [0, 0.1) is 0 Å². The zero-order valence-electron chi connectivity index (χ0n) is 12.6. The van der Waals surface area contributed by atoms with Gasteiger partial charge in [0, 0.05) is 32.7 Å². The van der Waals surface area contributed by atoms with Gasteiger partial charge in [0.15, 0.2) is 0 Å². The average Bonchev–Trinajstić information content (AvgIpc) is 2.38. The molecule has 5 nitrogen and oxygen atoms in total. The molecule has 1 aliphatic rings. The largest absolute Gasteiger partial charge is 0.389 e. The molecular weight excluding hydrogens is 254 g/mol. The van der Waals surface area contributed by atoms with E-state index in [-0.39, 0.29) is 0 Å². The number of anilines is 1. The third-order valence-corrected chi connectivity index (χ3v) is 3.55. The molecule has 0 amide bonds. The second kappa shape index (κ2) is 6.08. The van der Waals surface area contributed by atoms with E-state index in [1.165, 1.54) is 0 Å². The summed E-state index contributed by atoms with van der Waals surface area (Å²) < 4.78 is 0. The lowest BCUT2D eigenvalue weighted by atomic mass is 10.1. The van der Waals surface area contributed by atoms with E-state index in [4.69, 9.17) is 0 Å². The Hall–Kier alpha value is -1.17. The highest BCUT2D eigenvalue weighted by atomic mass is 16.3. The van der Waals surface area contributed by atoms with Crippen LogP contribution in [0.4, 0.5) is 5.69 Å². The van der Waals surface area contributed by atoms with E-state index in [0.29, 0.717) is 12.2 Å². The zero-order chi connectivity index (χ0) is 14.8. The molecule has 0 spiro atoms. The van der Waals surface area contributed by atoms with Crippen LogP contribution in [0.25, 0.3) is 0 Å². The maximum Gasteiger partial charge on any atom is 0.0931 e. The standard InChI is InChI=1S/C15H25N3O2/c1-12(19)14-5-4-13(10-16-14)18-8-6-17(7-9-18)11-15(2,3)20/h4-5,10,12,19-20H,6-9,11H2,1-3H3. The van der Waals surface area contributed by atoms with Gasteiger partial charge in [-0.2, -0.15) is 0 Å². The van der Waals surface area contributed by atoms with E-state index >= 15 is 0 Å². The first-order valence-corrected chi connectivity index (χ1v) is 7.19. The predicted octanol–water partition coefficient (Wildman–Crippen LogP) is 1.03. The quantitative estimate of drug-likeness (QED) is 0.862. The number of nitrogens with zero attached hydrogens (tertiary/aromatic N) is 3. The Morgan fingerprint density at radius 3 is 2.35 bits per heavy atom. The highest BCUT2D eigenvalue weighted by Crippen LogP contribution is 2.18. The van der Waals surface area contributed by atoms with Gasteiger partial charge in [-0.3, -0.25) is 9.88 Å². The highest BCUT2D eigenvalue weighted by Gasteiger charge is 2.22. The molecule has 2 rings (SSSR count). The second-order valence-corrected chi connectivity index (χ2v) is 6.19. The maximum atomic E-state index is 9.85.